The maximum absolute atomic E-state index is 12.7. The minimum absolute atomic E-state index is 0.293. The molecule has 1 spiro atoms. The molecule has 3 aliphatic heterocycles. The molecule has 4 aliphatic rings. The van der Waals surface area contributed by atoms with Crippen molar-refractivity contribution in [1.29, 1.82) is 0 Å². The van der Waals surface area contributed by atoms with Gasteiger partial charge in [0.2, 0.25) is 0 Å². The number of allylic oxidation sites excluding steroid dienone is 1. The van der Waals surface area contributed by atoms with Crippen LogP contribution in [0.25, 0.3) is 6.08 Å². The fraction of sp³-hybridized carbons (Fsp3) is 0.267. The second kappa shape index (κ2) is 2.89. The van der Waals surface area contributed by atoms with Crippen molar-refractivity contribution in [3.63, 3.8) is 0 Å². The van der Waals surface area contributed by atoms with E-state index in [2.05, 4.69) is 23.3 Å². The third kappa shape index (κ3) is 1.03. The average Bonchev–Trinajstić information content (AvgIpc) is 2.40. The summed E-state index contributed by atoms with van der Waals surface area (Å²) in [6, 6.07) is 7.94. The van der Waals surface area contributed by atoms with E-state index in [0.717, 1.165) is 30.6 Å². The van der Waals surface area contributed by atoms with Crippen LogP contribution in [0, 0.1) is 5.41 Å². The van der Waals surface area contributed by atoms with Crippen molar-refractivity contribution in [3.8, 4) is 0 Å². The van der Waals surface area contributed by atoms with Crippen molar-refractivity contribution in [1.82, 2.24) is 4.90 Å². The lowest BCUT2D eigenvalue weighted by atomic mass is 9.64. The minimum Gasteiger partial charge on any atom is -0.374 e. The maximum Gasteiger partial charge on any atom is 0.177 e. The largest absolute Gasteiger partial charge is 0.374 e. The number of fused-ring (bicyclic) bond motifs is 2. The number of carbonyl (C=O) groups excluding carboxylic acids is 1. The molecule has 0 N–H and O–H groups in total. The van der Waals surface area contributed by atoms with Gasteiger partial charge < -0.3 is 4.90 Å². The van der Waals surface area contributed by atoms with E-state index in [4.69, 9.17) is 0 Å². The second-order valence-corrected chi connectivity index (χ2v) is 5.09. The molecule has 1 atom stereocenters. The molecule has 5 rings (SSSR count). The van der Waals surface area contributed by atoms with Crippen LogP contribution in [0.3, 0.4) is 0 Å². The van der Waals surface area contributed by atoms with Gasteiger partial charge in [0.1, 0.15) is 0 Å². The van der Waals surface area contributed by atoms with E-state index in [1.54, 1.807) is 0 Å². The number of nitrogens with zero attached hydrogens (tertiary/aromatic N) is 1. The number of piperidine rings is 1. The van der Waals surface area contributed by atoms with Gasteiger partial charge in [0, 0.05) is 18.7 Å². The molecule has 0 amide bonds. The van der Waals surface area contributed by atoms with Crippen LogP contribution < -0.4 is 0 Å². The highest BCUT2D eigenvalue weighted by atomic mass is 16.1. The van der Waals surface area contributed by atoms with Crippen LogP contribution in [-0.4, -0.2) is 23.8 Å². The summed E-state index contributed by atoms with van der Waals surface area (Å²) in [5.74, 6) is 0.293. The molecule has 2 nitrogen and oxygen atoms in total. The molecule has 3 heterocycles. The van der Waals surface area contributed by atoms with Crippen molar-refractivity contribution in [2.75, 3.05) is 13.1 Å². The molecule has 0 radical (unpaired) electrons. The fourth-order valence-electron chi connectivity index (χ4n) is 3.24. The Balaban J connectivity index is 2.00. The fourth-order valence-corrected chi connectivity index (χ4v) is 3.24. The number of hydrogen-bond acceptors (Lipinski definition) is 2. The van der Waals surface area contributed by atoms with Gasteiger partial charge in [0.05, 0.1) is 5.41 Å². The lowest BCUT2D eigenvalue weighted by molar-refractivity contribution is 0.0813. The van der Waals surface area contributed by atoms with Gasteiger partial charge in [-0.05, 0) is 23.8 Å². The summed E-state index contributed by atoms with van der Waals surface area (Å²) < 4.78 is 0. The zero-order chi connectivity index (χ0) is 11.5. The van der Waals surface area contributed by atoms with Gasteiger partial charge in [-0.25, -0.2) is 0 Å². The monoisotopic (exact) mass is 223 g/mol. The van der Waals surface area contributed by atoms with Gasteiger partial charge in [0.15, 0.2) is 5.78 Å². The van der Waals surface area contributed by atoms with Gasteiger partial charge in [0.25, 0.3) is 0 Å². The highest BCUT2D eigenvalue weighted by molar-refractivity contribution is 6.09. The Bertz CT molecular complexity index is 584. The van der Waals surface area contributed by atoms with Crippen molar-refractivity contribution < 1.29 is 4.79 Å². The predicted molar refractivity (Wildman–Crippen MR) is 66.5 cm³/mol. The Hall–Kier alpha value is -1.83. The molecule has 1 unspecified atom stereocenters. The van der Waals surface area contributed by atoms with E-state index in [-0.39, 0.29) is 5.41 Å². The zero-order valence-corrected chi connectivity index (χ0v) is 9.52. The first-order valence-electron chi connectivity index (χ1n) is 6.08. The van der Waals surface area contributed by atoms with Crippen LogP contribution in [0.5, 0.6) is 0 Å². The topological polar surface area (TPSA) is 20.3 Å². The van der Waals surface area contributed by atoms with E-state index in [9.17, 15) is 4.79 Å². The van der Waals surface area contributed by atoms with Crippen molar-refractivity contribution in [3.05, 3.63) is 53.2 Å². The van der Waals surface area contributed by atoms with Crippen LogP contribution in [0.2, 0.25) is 0 Å². The van der Waals surface area contributed by atoms with Gasteiger partial charge in [-0.15, -0.1) is 0 Å². The van der Waals surface area contributed by atoms with Crippen LogP contribution in [0.1, 0.15) is 22.3 Å². The molecule has 1 aromatic carbocycles. The quantitative estimate of drug-likeness (QED) is 0.673. The van der Waals surface area contributed by atoms with Crippen LogP contribution in [-0.2, 0) is 0 Å². The molecule has 0 aromatic heterocycles. The third-order valence-corrected chi connectivity index (χ3v) is 4.25. The Labute approximate surface area is 100 Å². The molecule has 1 fully saturated rings. The van der Waals surface area contributed by atoms with E-state index in [0.29, 0.717) is 5.78 Å². The third-order valence-electron chi connectivity index (χ3n) is 4.25. The standard InChI is InChI=1S/C15H13NO/c17-14-13-4-2-1-3-11(13)9-12-10-16-7-5-15(12,14)6-8-16/h1-5,7,9H,6,8,10H2. The Morgan fingerprint density at radius 3 is 2.94 bits per heavy atom. The number of ketones is 1. The molecule has 2 heteroatoms. The molecule has 17 heavy (non-hydrogen) atoms. The number of hydrogen-bond donors (Lipinski definition) is 0. The summed E-state index contributed by atoms with van der Waals surface area (Å²) in [6.07, 6.45) is 7.34. The number of carbonyl (C=O) groups is 1. The smallest absolute Gasteiger partial charge is 0.177 e. The first kappa shape index (κ1) is 9.23. The Morgan fingerprint density at radius 1 is 1.24 bits per heavy atom. The normalized spacial score (nSPS) is 28.8. The molecular weight excluding hydrogens is 210 g/mol. The average molecular weight is 223 g/mol. The summed E-state index contributed by atoms with van der Waals surface area (Å²) >= 11 is 0. The van der Waals surface area contributed by atoms with Crippen molar-refractivity contribution in [2.45, 2.75) is 6.42 Å². The van der Waals surface area contributed by atoms with E-state index in [1.807, 2.05) is 24.3 Å². The SMILES string of the molecule is O=C1c2ccccc2C=C2CN3C=CC12CC3. The first-order chi connectivity index (χ1) is 8.29. The summed E-state index contributed by atoms with van der Waals surface area (Å²) in [4.78, 5) is 15.0. The lowest BCUT2D eigenvalue weighted by Crippen LogP contribution is -2.48. The maximum atomic E-state index is 12.7. The molecule has 2 bridgehead atoms. The lowest BCUT2D eigenvalue weighted by Gasteiger charge is -2.47. The van der Waals surface area contributed by atoms with E-state index >= 15 is 0 Å². The van der Waals surface area contributed by atoms with Gasteiger partial charge in [-0.3, -0.25) is 4.79 Å². The van der Waals surface area contributed by atoms with Crippen molar-refractivity contribution >= 4 is 11.9 Å². The molecule has 84 valence electrons. The van der Waals surface area contributed by atoms with E-state index in [1.165, 1.54) is 5.57 Å². The number of rotatable bonds is 0. The molecule has 0 saturated carbocycles. The Kier molecular flexibility index (Phi) is 1.57. The molecular formula is C15H13NO. The number of benzene rings is 1. The summed E-state index contributed by atoms with van der Waals surface area (Å²) in [5.41, 5.74) is 2.93. The van der Waals surface area contributed by atoms with Crippen LogP contribution >= 0.6 is 0 Å². The summed E-state index contributed by atoms with van der Waals surface area (Å²) in [6.45, 7) is 1.92. The van der Waals surface area contributed by atoms with E-state index < -0.39 is 0 Å². The molecule has 1 aliphatic carbocycles. The minimum atomic E-state index is -0.316. The highest BCUT2D eigenvalue weighted by Crippen LogP contribution is 2.47. The summed E-state index contributed by atoms with van der Waals surface area (Å²) in [5, 5.41) is 0. The van der Waals surface area contributed by atoms with Crippen LogP contribution in [0.15, 0.2) is 42.1 Å². The van der Waals surface area contributed by atoms with Gasteiger partial charge in [-0.1, -0.05) is 36.4 Å². The predicted octanol–water partition coefficient (Wildman–Crippen LogP) is 2.49. The van der Waals surface area contributed by atoms with Gasteiger partial charge >= 0.3 is 0 Å². The first-order valence-corrected chi connectivity index (χ1v) is 6.08. The Morgan fingerprint density at radius 2 is 2.12 bits per heavy atom. The van der Waals surface area contributed by atoms with Crippen LogP contribution in [0.4, 0.5) is 0 Å². The summed E-state index contributed by atoms with van der Waals surface area (Å²) in [7, 11) is 0. The molecule has 1 aromatic rings. The molecule has 1 saturated heterocycles. The highest BCUT2D eigenvalue weighted by Gasteiger charge is 2.47. The van der Waals surface area contributed by atoms with Crippen molar-refractivity contribution in [2.24, 2.45) is 5.41 Å². The second-order valence-electron chi connectivity index (χ2n) is 5.09. The van der Waals surface area contributed by atoms with Gasteiger partial charge in [-0.2, -0.15) is 0 Å². The zero-order valence-electron chi connectivity index (χ0n) is 9.52. The number of Topliss-reactive ketones (excluding diaryl/α,β-unsaturated/α-hetero) is 1.